The first kappa shape index (κ1) is 17.6. The first-order valence-electron chi connectivity index (χ1n) is 6.77. The second-order valence-electron chi connectivity index (χ2n) is 4.76. The van der Waals surface area contributed by atoms with Gasteiger partial charge < -0.3 is 4.90 Å². The molecular formula is C14H21FN2O3S. The molecule has 0 spiro atoms. The summed E-state index contributed by atoms with van der Waals surface area (Å²) in [4.78, 5) is 13.4. The maximum Gasteiger partial charge on any atom is 0.241 e. The molecule has 0 unspecified atom stereocenters. The number of amides is 1. The van der Waals surface area contributed by atoms with Crippen LogP contribution >= 0.6 is 0 Å². The lowest BCUT2D eigenvalue weighted by molar-refractivity contribution is -0.129. The Morgan fingerprint density at radius 1 is 1.19 bits per heavy atom. The van der Waals surface area contributed by atoms with E-state index in [9.17, 15) is 17.6 Å². The molecule has 0 aliphatic carbocycles. The van der Waals surface area contributed by atoms with Crippen molar-refractivity contribution in [3.05, 3.63) is 29.1 Å². The SMILES string of the molecule is CCN(CC)C(=O)CNS(=O)(=O)c1c(C)cc(F)cc1C. The van der Waals surface area contributed by atoms with Crippen molar-refractivity contribution >= 4 is 15.9 Å². The number of hydrogen-bond acceptors (Lipinski definition) is 3. The Labute approximate surface area is 125 Å². The van der Waals surface area contributed by atoms with Gasteiger partial charge in [0.05, 0.1) is 11.4 Å². The number of halogens is 1. The highest BCUT2D eigenvalue weighted by Crippen LogP contribution is 2.21. The molecule has 1 rings (SSSR count). The van der Waals surface area contributed by atoms with E-state index in [2.05, 4.69) is 4.72 Å². The van der Waals surface area contributed by atoms with Gasteiger partial charge in [-0.25, -0.2) is 17.5 Å². The number of sulfonamides is 1. The fraction of sp³-hybridized carbons (Fsp3) is 0.500. The summed E-state index contributed by atoms with van der Waals surface area (Å²) >= 11 is 0. The maximum atomic E-state index is 13.2. The number of carbonyl (C=O) groups is 1. The number of nitrogens with zero attached hydrogens (tertiary/aromatic N) is 1. The highest BCUT2D eigenvalue weighted by atomic mass is 32.2. The molecule has 21 heavy (non-hydrogen) atoms. The van der Waals surface area contributed by atoms with E-state index in [0.29, 0.717) is 24.2 Å². The number of nitrogens with one attached hydrogen (secondary N) is 1. The molecule has 0 radical (unpaired) electrons. The molecule has 0 aliphatic rings. The predicted octanol–water partition coefficient (Wildman–Crippen LogP) is 1.59. The van der Waals surface area contributed by atoms with E-state index < -0.39 is 15.8 Å². The van der Waals surface area contributed by atoms with Crippen molar-refractivity contribution in [1.29, 1.82) is 0 Å². The van der Waals surface area contributed by atoms with E-state index in [1.807, 2.05) is 13.8 Å². The molecular weight excluding hydrogens is 295 g/mol. The highest BCUT2D eigenvalue weighted by Gasteiger charge is 2.22. The van der Waals surface area contributed by atoms with Crippen molar-refractivity contribution in [2.75, 3.05) is 19.6 Å². The third-order valence-electron chi connectivity index (χ3n) is 3.22. The molecule has 0 aromatic heterocycles. The van der Waals surface area contributed by atoms with E-state index in [1.165, 1.54) is 18.7 Å². The van der Waals surface area contributed by atoms with Crippen LogP contribution in [0.4, 0.5) is 4.39 Å². The number of benzene rings is 1. The topological polar surface area (TPSA) is 66.5 Å². The lowest BCUT2D eigenvalue weighted by Crippen LogP contribution is -2.40. The van der Waals surface area contributed by atoms with Crippen molar-refractivity contribution in [2.24, 2.45) is 0 Å². The molecule has 1 N–H and O–H groups in total. The lowest BCUT2D eigenvalue weighted by Gasteiger charge is -2.19. The van der Waals surface area contributed by atoms with Crippen LogP contribution in [0.1, 0.15) is 25.0 Å². The van der Waals surface area contributed by atoms with Gasteiger partial charge in [-0.15, -0.1) is 0 Å². The Kier molecular flexibility index (Phi) is 5.86. The van der Waals surface area contributed by atoms with E-state index in [-0.39, 0.29) is 17.3 Å². The van der Waals surface area contributed by atoms with Crippen LogP contribution in [0, 0.1) is 19.7 Å². The lowest BCUT2D eigenvalue weighted by atomic mass is 10.1. The molecule has 0 saturated carbocycles. The summed E-state index contributed by atoms with van der Waals surface area (Å²) in [6.07, 6.45) is 0. The quantitative estimate of drug-likeness (QED) is 0.866. The largest absolute Gasteiger partial charge is 0.342 e. The standard InChI is InChI=1S/C14H21FN2O3S/c1-5-17(6-2)13(18)9-16-21(19,20)14-10(3)7-12(15)8-11(14)4/h7-8,16H,5-6,9H2,1-4H3. The smallest absolute Gasteiger partial charge is 0.241 e. The minimum Gasteiger partial charge on any atom is -0.342 e. The zero-order chi connectivity index (χ0) is 16.2. The molecule has 0 saturated heterocycles. The summed E-state index contributed by atoms with van der Waals surface area (Å²) in [5.41, 5.74) is 0.630. The zero-order valence-electron chi connectivity index (χ0n) is 12.7. The van der Waals surface area contributed by atoms with Crippen LogP contribution in [-0.2, 0) is 14.8 Å². The molecule has 0 heterocycles. The first-order chi connectivity index (χ1) is 9.72. The molecule has 1 aromatic carbocycles. The van der Waals surface area contributed by atoms with Crippen molar-refractivity contribution in [3.8, 4) is 0 Å². The van der Waals surface area contributed by atoms with E-state index in [4.69, 9.17) is 0 Å². The monoisotopic (exact) mass is 316 g/mol. The zero-order valence-corrected chi connectivity index (χ0v) is 13.6. The second-order valence-corrected chi connectivity index (χ2v) is 6.46. The Morgan fingerprint density at radius 2 is 1.67 bits per heavy atom. The fourth-order valence-corrected chi connectivity index (χ4v) is 3.66. The third kappa shape index (κ3) is 4.25. The summed E-state index contributed by atoms with van der Waals surface area (Å²) in [5.74, 6) is -0.774. The second kappa shape index (κ2) is 7.00. The summed E-state index contributed by atoms with van der Waals surface area (Å²) in [7, 11) is -3.85. The van der Waals surface area contributed by atoms with Gasteiger partial charge in [-0.05, 0) is 51.0 Å². The predicted molar refractivity (Wildman–Crippen MR) is 79.0 cm³/mol. The summed E-state index contributed by atoms with van der Waals surface area (Å²) in [6.45, 7) is 7.43. The first-order valence-corrected chi connectivity index (χ1v) is 8.25. The molecule has 5 nitrogen and oxygen atoms in total. The van der Waals surface area contributed by atoms with E-state index in [1.54, 1.807) is 0 Å². The van der Waals surface area contributed by atoms with Crippen molar-refractivity contribution in [2.45, 2.75) is 32.6 Å². The van der Waals surface area contributed by atoms with E-state index in [0.717, 1.165) is 12.1 Å². The van der Waals surface area contributed by atoms with Crippen LogP contribution in [0.3, 0.4) is 0 Å². The molecule has 0 atom stereocenters. The van der Waals surface area contributed by atoms with Gasteiger partial charge in [0.25, 0.3) is 0 Å². The van der Waals surface area contributed by atoms with Crippen molar-refractivity contribution in [3.63, 3.8) is 0 Å². The van der Waals surface area contributed by atoms with Crippen LogP contribution in [0.25, 0.3) is 0 Å². The van der Waals surface area contributed by atoms with Crippen LogP contribution in [0.5, 0.6) is 0 Å². The normalized spacial score (nSPS) is 11.5. The molecule has 1 amide bonds. The molecule has 1 aromatic rings. The van der Waals surface area contributed by atoms with Gasteiger partial charge in [0.1, 0.15) is 5.82 Å². The van der Waals surface area contributed by atoms with E-state index >= 15 is 0 Å². The van der Waals surface area contributed by atoms with Gasteiger partial charge in [-0.2, -0.15) is 0 Å². The highest BCUT2D eigenvalue weighted by molar-refractivity contribution is 7.89. The maximum absolute atomic E-state index is 13.2. The van der Waals surface area contributed by atoms with Gasteiger partial charge in [0, 0.05) is 13.1 Å². The van der Waals surface area contributed by atoms with Gasteiger partial charge in [-0.1, -0.05) is 0 Å². The molecule has 7 heteroatoms. The number of carbonyl (C=O) groups excluding carboxylic acids is 1. The summed E-state index contributed by atoms with van der Waals surface area (Å²) < 4.78 is 40.1. The Morgan fingerprint density at radius 3 is 2.10 bits per heavy atom. The average Bonchev–Trinajstić information content (AvgIpc) is 2.36. The number of hydrogen-bond donors (Lipinski definition) is 1. The Bertz CT molecular complexity index is 602. The molecule has 118 valence electrons. The summed E-state index contributed by atoms with van der Waals surface area (Å²) in [6, 6.07) is 2.32. The van der Waals surface area contributed by atoms with Crippen LogP contribution < -0.4 is 4.72 Å². The van der Waals surface area contributed by atoms with Crippen molar-refractivity contribution < 1.29 is 17.6 Å². The Hall–Kier alpha value is -1.47. The minimum atomic E-state index is -3.85. The van der Waals surface area contributed by atoms with Gasteiger partial charge >= 0.3 is 0 Å². The van der Waals surface area contributed by atoms with Crippen molar-refractivity contribution in [1.82, 2.24) is 9.62 Å². The fourth-order valence-electron chi connectivity index (χ4n) is 2.24. The summed E-state index contributed by atoms with van der Waals surface area (Å²) in [5, 5.41) is 0. The van der Waals surface area contributed by atoms with Gasteiger partial charge in [-0.3, -0.25) is 4.79 Å². The van der Waals surface area contributed by atoms with Crippen LogP contribution in [0.15, 0.2) is 17.0 Å². The Balaban J connectivity index is 2.96. The molecule has 0 bridgehead atoms. The van der Waals surface area contributed by atoms with Gasteiger partial charge in [0.2, 0.25) is 15.9 Å². The number of aryl methyl sites for hydroxylation is 2. The average molecular weight is 316 g/mol. The van der Waals surface area contributed by atoms with Crippen LogP contribution in [0.2, 0.25) is 0 Å². The molecule has 0 aliphatic heterocycles. The number of rotatable bonds is 6. The van der Waals surface area contributed by atoms with Crippen LogP contribution in [-0.4, -0.2) is 38.9 Å². The number of likely N-dealkylation sites (N-methyl/N-ethyl adjacent to an activating group) is 1. The third-order valence-corrected chi connectivity index (χ3v) is 4.93. The minimum absolute atomic E-state index is 0.0243. The molecule has 0 fully saturated rings. The van der Waals surface area contributed by atoms with Gasteiger partial charge in [0.15, 0.2) is 0 Å².